The predicted octanol–water partition coefficient (Wildman–Crippen LogP) is 1.05. The van der Waals surface area contributed by atoms with Crippen LogP contribution in [0.1, 0.15) is 34.3 Å². The van der Waals surface area contributed by atoms with Crippen molar-refractivity contribution in [1.29, 1.82) is 0 Å². The van der Waals surface area contributed by atoms with Gasteiger partial charge in [-0.2, -0.15) is 0 Å². The van der Waals surface area contributed by atoms with Crippen LogP contribution < -0.4 is 0 Å². The van der Waals surface area contributed by atoms with Crippen molar-refractivity contribution in [1.82, 2.24) is 19.9 Å². The Balaban J connectivity index is 1.36. The number of rotatable bonds is 4. The van der Waals surface area contributed by atoms with Crippen molar-refractivity contribution in [3.8, 4) is 0 Å². The van der Waals surface area contributed by atoms with Gasteiger partial charge in [0.1, 0.15) is 6.10 Å². The van der Waals surface area contributed by atoms with Gasteiger partial charge in [-0.25, -0.2) is 4.68 Å². The van der Waals surface area contributed by atoms with Crippen LogP contribution in [0.5, 0.6) is 0 Å². The molecule has 0 bridgehead atoms. The summed E-state index contributed by atoms with van der Waals surface area (Å²) in [5.74, 6) is -0.649. The summed E-state index contributed by atoms with van der Waals surface area (Å²) >= 11 is 1.48. The third-order valence-corrected chi connectivity index (χ3v) is 5.59. The summed E-state index contributed by atoms with van der Waals surface area (Å²) < 4.78 is 12.9. The predicted molar refractivity (Wildman–Crippen MR) is 89.1 cm³/mol. The Kier molecular flexibility index (Phi) is 4.55. The first-order valence-corrected chi connectivity index (χ1v) is 9.22. The lowest BCUT2D eigenvalue weighted by Crippen LogP contribution is -2.47. The van der Waals surface area contributed by atoms with Crippen molar-refractivity contribution in [2.24, 2.45) is 0 Å². The lowest BCUT2D eigenvalue weighted by Gasteiger charge is -2.37. The van der Waals surface area contributed by atoms with Crippen molar-refractivity contribution < 1.29 is 19.4 Å². The SMILES string of the molecule is O=C(c1cn(C[C@H](O)c2cccs2)nn1)N1CCC2(CC1)OCCO2. The van der Waals surface area contributed by atoms with Crippen molar-refractivity contribution in [2.45, 2.75) is 31.3 Å². The molecular formula is C16H20N4O4S. The van der Waals surface area contributed by atoms with Gasteiger partial charge in [0.25, 0.3) is 5.91 Å². The van der Waals surface area contributed by atoms with Gasteiger partial charge in [0.15, 0.2) is 11.5 Å². The molecule has 2 aromatic heterocycles. The van der Waals surface area contributed by atoms with E-state index in [1.807, 2.05) is 17.5 Å². The normalized spacial score (nSPS) is 20.9. The van der Waals surface area contributed by atoms with E-state index in [9.17, 15) is 9.90 Å². The number of amides is 1. The molecule has 1 atom stereocenters. The molecule has 1 spiro atoms. The molecule has 2 saturated heterocycles. The minimum atomic E-state index is -0.656. The lowest BCUT2D eigenvalue weighted by molar-refractivity contribution is -0.181. The topological polar surface area (TPSA) is 89.7 Å². The molecule has 25 heavy (non-hydrogen) atoms. The number of likely N-dealkylation sites (tertiary alicyclic amines) is 1. The number of carbonyl (C=O) groups is 1. The van der Waals surface area contributed by atoms with Crippen LogP contribution in [-0.2, 0) is 16.0 Å². The van der Waals surface area contributed by atoms with Gasteiger partial charge in [-0.1, -0.05) is 11.3 Å². The van der Waals surface area contributed by atoms with E-state index in [1.165, 1.54) is 16.0 Å². The first-order chi connectivity index (χ1) is 12.2. The smallest absolute Gasteiger partial charge is 0.276 e. The maximum atomic E-state index is 12.6. The van der Waals surface area contributed by atoms with E-state index in [0.717, 1.165) is 4.88 Å². The van der Waals surface area contributed by atoms with Crippen molar-refractivity contribution in [3.63, 3.8) is 0 Å². The van der Waals surface area contributed by atoms with Crippen molar-refractivity contribution in [2.75, 3.05) is 26.3 Å². The van der Waals surface area contributed by atoms with Crippen LogP contribution in [0.4, 0.5) is 0 Å². The number of piperidine rings is 1. The van der Waals surface area contributed by atoms with E-state index < -0.39 is 11.9 Å². The van der Waals surface area contributed by atoms with Crippen LogP contribution in [-0.4, -0.2) is 63.0 Å². The summed E-state index contributed by atoms with van der Waals surface area (Å²) in [6.45, 7) is 2.66. The molecule has 1 N–H and O–H groups in total. The van der Waals surface area contributed by atoms with Crippen LogP contribution in [0, 0.1) is 0 Å². The molecule has 134 valence electrons. The van der Waals surface area contributed by atoms with Crippen LogP contribution in [0.25, 0.3) is 0 Å². The molecule has 0 aliphatic carbocycles. The number of ether oxygens (including phenoxy) is 2. The summed E-state index contributed by atoms with van der Waals surface area (Å²) in [6, 6.07) is 3.76. The monoisotopic (exact) mass is 364 g/mol. The zero-order valence-corrected chi connectivity index (χ0v) is 14.5. The van der Waals surface area contributed by atoms with Crippen molar-refractivity contribution in [3.05, 3.63) is 34.3 Å². The van der Waals surface area contributed by atoms with E-state index in [0.29, 0.717) is 44.8 Å². The quantitative estimate of drug-likeness (QED) is 0.872. The summed E-state index contributed by atoms with van der Waals surface area (Å²) in [7, 11) is 0. The molecule has 2 aliphatic rings. The highest BCUT2D eigenvalue weighted by Gasteiger charge is 2.41. The lowest BCUT2D eigenvalue weighted by atomic mass is 10.0. The highest BCUT2D eigenvalue weighted by atomic mass is 32.1. The van der Waals surface area contributed by atoms with Crippen LogP contribution >= 0.6 is 11.3 Å². The maximum absolute atomic E-state index is 12.6. The maximum Gasteiger partial charge on any atom is 0.276 e. The molecule has 1 amide bonds. The summed E-state index contributed by atoms with van der Waals surface area (Å²) in [5.41, 5.74) is 0.294. The number of hydrogen-bond donors (Lipinski definition) is 1. The molecule has 0 unspecified atom stereocenters. The van der Waals surface area contributed by atoms with E-state index in [1.54, 1.807) is 11.1 Å². The molecule has 9 heteroatoms. The Morgan fingerprint density at radius 1 is 1.36 bits per heavy atom. The second-order valence-electron chi connectivity index (χ2n) is 6.26. The molecule has 0 aromatic carbocycles. The van der Waals surface area contributed by atoms with Gasteiger partial charge < -0.3 is 19.5 Å². The van der Waals surface area contributed by atoms with Gasteiger partial charge >= 0.3 is 0 Å². The molecule has 2 aliphatic heterocycles. The zero-order chi connectivity index (χ0) is 17.3. The van der Waals surface area contributed by atoms with Crippen LogP contribution in [0.15, 0.2) is 23.7 Å². The summed E-state index contributed by atoms with van der Waals surface area (Å²) in [5, 5.41) is 20.0. The van der Waals surface area contributed by atoms with Gasteiger partial charge in [-0.15, -0.1) is 16.4 Å². The molecule has 2 aromatic rings. The van der Waals surface area contributed by atoms with Gasteiger partial charge in [-0.3, -0.25) is 4.79 Å². The Morgan fingerprint density at radius 2 is 2.12 bits per heavy atom. The summed E-state index contributed by atoms with van der Waals surface area (Å²) in [4.78, 5) is 15.2. The molecule has 0 saturated carbocycles. The van der Waals surface area contributed by atoms with E-state index in [4.69, 9.17) is 9.47 Å². The second kappa shape index (κ2) is 6.83. The molecule has 4 rings (SSSR count). The Morgan fingerprint density at radius 3 is 2.80 bits per heavy atom. The minimum absolute atomic E-state index is 0.148. The number of aliphatic hydroxyl groups excluding tert-OH is 1. The number of aliphatic hydroxyl groups is 1. The Bertz CT molecular complexity index is 716. The number of aromatic nitrogens is 3. The number of nitrogens with zero attached hydrogens (tertiary/aromatic N) is 4. The zero-order valence-electron chi connectivity index (χ0n) is 13.7. The first-order valence-electron chi connectivity index (χ1n) is 8.34. The number of carbonyl (C=O) groups excluding carboxylic acids is 1. The van der Waals surface area contributed by atoms with Gasteiger partial charge in [0, 0.05) is 30.8 Å². The molecule has 0 radical (unpaired) electrons. The Labute approximate surface area is 149 Å². The van der Waals surface area contributed by atoms with Crippen LogP contribution in [0.2, 0.25) is 0 Å². The fraction of sp³-hybridized carbons (Fsp3) is 0.562. The fourth-order valence-corrected chi connectivity index (χ4v) is 3.93. The van der Waals surface area contributed by atoms with Crippen molar-refractivity contribution >= 4 is 17.2 Å². The highest BCUT2D eigenvalue weighted by Crippen LogP contribution is 2.31. The van der Waals surface area contributed by atoms with Crippen LogP contribution in [0.3, 0.4) is 0 Å². The Hall–Kier alpha value is -1.81. The standard InChI is InChI=1S/C16H20N4O4S/c21-13(14-2-1-9-25-14)11-20-10-12(17-18-20)15(22)19-5-3-16(4-6-19)23-7-8-24-16/h1-2,9-10,13,21H,3-8,11H2/t13-/m0/s1. The third kappa shape index (κ3) is 3.45. The van der Waals surface area contributed by atoms with Gasteiger partial charge in [0.05, 0.1) is 26.0 Å². The number of hydrogen-bond acceptors (Lipinski definition) is 7. The largest absolute Gasteiger partial charge is 0.386 e. The van der Waals surface area contributed by atoms with Gasteiger partial charge in [-0.05, 0) is 11.4 Å². The minimum Gasteiger partial charge on any atom is -0.386 e. The fourth-order valence-electron chi connectivity index (χ4n) is 3.23. The van der Waals surface area contributed by atoms with E-state index in [-0.39, 0.29) is 12.5 Å². The second-order valence-corrected chi connectivity index (χ2v) is 7.24. The van der Waals surface area contributed by atoms with E-state index >= 15 is 0 Å². The van der Waals surface area contributed by atoms with Gasteiger partial charge in [0.2, 0.25) is 0 Å². The third-order valence-electron chi connectivity index (χ3n) is 4.62. The molecule has 2 fully saturated rings. The molecule has 8 nitrogen and oxygen atoms in total. The summed E-state index contributed by atoms with van der Waals surface area (Å²) in [6.07, 6.45) is 2.27. The molecule has 4 heterocycles. The molecular weight excluding hydrogens is 344 g/mol. The first kappa shape index (κ1) is 16.6. The van der Waals surface area contributed by atoms with E-state index in [2.05, 4.69) is 10.3 Å². The average Bonchev–Trinajstić information content (AvgIpc) is 3.37. The average molecular weight is 364 g/mol. The highest BCUT2D eigenvalue weighted by molar-refractivity contribution is 7.10. The number of thiophene rings is 1.